The summed E-state index contributed by atoms with van der Waals surface area (Å²) in [5.74, 6) is -0.704. The van der Waals surface area contributed by atoms with Crippen LogP contribution in [0.3, 0.4) is 0 Å². The number of carboxylic acid groups (broad SMARTS) is 1. The average molecular weight is 467 g/mol. The van der Waals surface area contributed by atoms with Gasteiger partial charge < -0.3 is 20.1 Å². The van der Waals surface area contributed by atoms with Gasteiger partial charge in [-0.25, -0.2) is 9.59 Å². The number of amides is 2. The van der Waals surface area contributed by atoms with Crippen LogP contribution in [0.1, 0.15) is 42.7 Å². The molecule has 0 bridgehead atoms. The fourth-order valence-corrected chi connectivity index (χ4v) is 6.47. The zero-order valence-electron chi connectivity index (χ0n) is 18.2. The smallest absolute Gasteiger partial charge is 0.408 e. The van der Waals surface area contributed by atoms with Crippen molar-refractivity contribution in [3.05, 3.63) is 59.7 Å². The van der Waals surface area contributed by atoms with Crippen LogP contribution in [0.5, 0.6) is 0 Å². The minimum Gasteiger partial charge on any atom is -0.480 e. The Kier molecular flexibility index (Phi) is 5.78. The maximum atomic E-state index is 13.4. The Morgan fingerprint density at radius 2 is 1.64 bits per heavy atom. The van der Waals surface area contributed by atoms with Crippen molar-refractivity contribution in [3.63, 3.8) is 0 Å². The van der Waals surface area contributed by atoms with Crippen molar-refractivity contribution in [1.82, 2.24) is 10.2 Å². The lowest BCUT2D eigenvalue weighted by Crippen LogP contribution is -2.60. The second-order valence-corrected chi connectivity index (χ2v) is 9.87. The first-order chi connectivity index (χ1) is 16.0. The van der Waals surface area contributed by atoms with Crippen molar-refractivity contribution in [2.75, 3.05) is 18.2 Å². The predicted molar refractivity (Wildman–Crippen MR) is 125 cm³/mol. The van der Waals surface area contributed by atoms with Crippen LogP contribution in [0, 0.1) is 0 Å². The van der Waals surface area contributed by atoms with E-state index in [9.17, 15) is 19.5 Å². The van der Waals surface area contributed by atoms with Crippen LogP contribution < -0.4 is 5.32 Å². The molecule has 1 saturated carbocycles. The molecule has 1 heterocycles. The minimum absolute atomic E-state index is 0.0650. The van der Waals surface area contributed by atoms with E-state index in [1.54, 1.807) is 0 Å². The van der Waals surface area contributed by atoms with Crippen molar-refractivity contribution >= 4 is 29.7 Å². The molecule has 1 saturated heterocycles. The number of nitrogens with zero attached hydrogens (tertiary/aromatic N) is 1. The molecule has 8 heteroatoms. The van der Waals surface area contributed by atoms with Crippen molar-refractivity contribution in [2.24, 2.45) is 0 Å². The van der Waals surface area contributed by atoms with Crippen LogP contribution in [-0.2, 0) is 14.3 Å². The molecule has 2 amide bonds. The lowest BCUT2D eigenvalue weighted by Gasteiger charge is -2.34. The average Bonchev–Trinajstić information content (AvgIpc) is 3.55. The third-order valence-electron chi connectivity index (χ3n) is 6.98. The molecule has 7 nitrogen and oxygen atoms in total. The van der Waals surface area contributed by atoms with Gasteiger partial charge in [-0.15, -0.1) is 11.8 Å². The number of fused-ring (bicyclic) bond motifs is 3. The van der Waals surface area contributed by atoms with Gasteiger partial charge in [0.1, 0.15) is 18.2 Å². The molecule has 2 N–H and O–H groups in total. The molecule has 0 radical (unpaired) electrons. The van der Waals surface area contributed by atoms with Gasteiger partial charge in [-0.2, -0.15) is 0 Å². The molecule has 1 aliphatic heterocycles. The maximum Gasteiger partial charge on any atom is 0.408 e. The molecule has 2 aromatic carbocycles. The molecule has 2 aromatic rings. The lowest BCUT2D eigenvalue weighted by molar-refractivity contribution is -0.150. The number of alkyl carbamates (subject to hydrolysis) is 1. The highest BCUT2D eigenvalue weighted by Gasteiger charge is 2.49. The van der Waals surface area contributed by atoms with Crippen molar-refractivity contribution in [2.45, 2.75) is 43.2 Å². The van der Waals surface area contributed by atoms with Crippen molar-refractivity contribution in [1.29, 1.82) is 0 Å². The number of hydrogen-bond acceptors (Lipinski definition) is 5. The predicted octanol–water partition coefficient (Wildman–Crippen LogP) is 3.82. The standard InChI is InChI=1S/C25H26N2O5S/c28-22(29)21-14-33-15-27(21)23(30)25(11-5-6-12-25)26-24(31)32-13-20-18-9-3-1-7-16(18)17-8-2-4-10-19(17)20/h1-4,7-10,20-21H,5-6,11-15H2,(H,26,31)(H,28,29). The number of carbonyl (C=O) groups is 3. The summed E-state index contributed by atoms with van der Waals surface area (Å²) in [6, 6.07) is 15.4. The van der Waals surface area contributed by atoms with E-state index in [2.05, 4.69) is 29.6 Å². The van der Waals surface area contributed by atoms with Crippen LogP contribution in [0.15, 0.2) is 48.5 Å². The van der Waals surface area contributed by atoms with E-state index in [-0.39, 0.29) is 18.4 Å². The van der Waals surface area contributed by atoms with Gasteiger partial charge in [-0.05, 0) is 35.1 Å². The molecule has 2 aliphatic carbocycles. The van der Waals surface area contributed by atoms with E-state index >= 15 is 0 Å². The Hall–Kier alpha value is -3.00. The fraction of sp³-hybridized carbons (Fsp3) is 0.400. The first-order valence-corrected chi connectivity index (χ1v) is 12.4. The number of benzene rings is 2. The molecule has 0 spiro atoms. The van der Waals surface area contributed by atoms with Gasteiger partial charge in [-0.3, -0.25) is 4.79 Å². The Labute approximate surface area is 196 Å². The highest BCUT2D eigenvalue weighted by atomic mass is 32.2. The quantitative estimate of drug-likeness (QED) is 0.696. The van der Waals surface area contributed by atoms with Gasteiger partial charge in [0.25, 0.3) is 0 Å². The second kappa shape index (κ2) is 8.74. The zero-order chi connectivity index (χ0) is 23.0. The highest BCUT2D eigenvalue weighted by molar-refractivity contribution is 7.99. The van der Waals surface area contributed by atoms with E-state index in [1.165, 1.54) is 16.7 Å². The zero-order valence-corrected chi connectivity index (χ0v) is 19.0. The summed E-state index contributed by atoms with van der Waals surface area (Å²) < 4.78 is 5.67. The van der Waals surface area contributed by atoms with Gasteiger partial charge in [-0.1, -0.05) is 61.4 Å². The lowest BCUT2D eigenvalue weighted by atomic mass is 9.95. The number of hydrogen-bond donors (Lipinski definition) is 2. The monoisotopic (exact) mass is 466 g/mol. The summed E-state index contributed by atoms with van der Waals surface area (Å²) in [4.78, 5) is 39.3. The Morgan fingerprint density at radius 3 is 2.24 bits per heavy atom. The number of carbonyl (C=O) groups excluding carboxylic acids is 2. The molecule has 5 rings (SSSR count). The van der Waals surface area contributed by atoms with E-state index in [0.717, 1.165) is 35.1 Å². The van der Waals surface area contributed by atoms with Gasteiger partial charge in [0.05, 0.1) is 5.88 Å². The topological polar surface area (TPSA) is 95.9 Å². The van der Waals surface area contributed by atoms with E-state index in [0.29, 0.717) is 24.5 Å². The molecule has 3 aliphatic rings. The first-order valence-electron chi connectivity index (χ1n) is 11.2. The summed E-state index contributed by atoms with van der Waals surface area (Å²) in [6.45, 7) is 0.168. The SMILES string of the molecule is O=C(NC1(C(=O)N2CSCC2C(=O)O)CCCC1)OCC1c2ccccc2-c2ccccc21. The number of carboxylic acids is 1. The number of rotatable bonds is 5. The van der Waals surface area contributed by atoms with Crippen molar-refractivity contribution < 1.29 is 24.2 Å². The molecular weight excluding hydrogens is 440 g/mol. The largest absolute Gasteiger partial charge is 0.480 e. The number of nitrogens with one attached hydrogen (secondary N) is 1. The third-order valence-corrected chi connectivity index (χ3v) is 7.99. The number of ether oxygens (including phenoxy) is 1. The first kappa shape index (κ1) is 21.8. The Balaban J connectivity index is 1.30. The second-order valence-electron chi connectivity index (χ2n) is 8.87. The van der Waals surface area contributed by atoms with E-state index in [1.807, 2.05) is 24.3 Å². The summed E-state index contributed by atoms with van der Waals surface area (Å²) in [7, 11) is 0. The number of aliphatic carboxylic acids is 1. The summed E-state index contributed by atoms with van der Waals surface area (Å²) in [6.07, 6.45) is 1.95. The summed E-state index contributed by atoms with van der Waals surface area (Å²) in [5.41, 5.74) is 3.45. The summed E-state index contributed by atoms with van der Waals surface area (Å²) in [5, 5.41) is 12.3. The summed E-state index contributed by atoms with van der Waals surface area (Å²) >= 11 is 1.42. The van der Waals surface area contributed by atoms with Crippen molar-refractivity contribution in [3.8, 4) is 11.1 Å². The van der Waals surface area contributed by atoms with E-state index in [4.69, 9.17) is 4.74 Å². The highest BCUT2D eigenvalue weighted by Crippen LogP contribution is 2.44. The minimum atomic E-state index is -1.10. The third kappa shape index (κ3) is 3.86. The fourth-order valence-electron chi connectivity index (χ4n) is 5.32. The molecular formula is C25H26N2O5S. The Bertz CT molecular complexity index is 1050. The van der Waals surface area contributed by atoms with Crippen LogP contribution in [-0.4, -0.2) is 57.8 Å². The van der Waals surface area contributed by atoms with Gasteiger partial charge >= 0.3 is 12.1 Å². The van der Waals surface area contributed by atoms with E-state index < -0.39 is 23.6 Å². The molecule has 2 fully saturated rings. The maximum absolute atomic E-state index is 13.4. The Morgan fingerprint density at radius 1 is 1.03 bits per heavy atom. The molecule has 1 atom stereocenters. The molecule has 33 heavy (non-hydrogen) atoms. The van der Waals surface area contributed by atoms with Crippen LogP contribution in [0.25, 0.3) is 11.1 Å². The van der Waals surface area contributed by atoms with Gasteiger partial charge in [0, 0.05) is 11.7 Å². The van der Waals surface area contributed by atoms with Gasteiger partial charge in [0.2, 0.25) is 5.91 Å². The van der Waals surface area contributed by atoms with Crippen LogP contribution in [0.2, 0.25) is 0 Å². The van der Waals surface area contributed by atoms with Crippen LogP contribution in [0.4, 0.5) is 4.79 Å². The molecule has 0 aromatic heterocycles. The molecule has 172 valence electrons. The normalized spacial score (nSPS) is 20.8. The van der Waals surface area contributed by atoms with Gasteiger partial charge in [0.15, 0.2) is 0 Å². The molecule has 1 unspecified atom stereocenters. The van der Waals surface area contributed by atoms with Crippen LogP contribution >= 0.6 is 11.8 Å². The number of thioether (sulfide) groups is 1.